The number of para-hydroxylation sites is 1. The maximum absolute atomic E-state index is 12.4. The zero-order chi connectivity index (χ0) is 23.4. The molecule has 3 aromatic rings. The van der Waals surface area contributed by atoms with E-state index >= 15 is 0 Å². The average Bonchev–Trinajstić information content (AvgIpc) is 2.82. The van der Waals surface area contributed by atoms with Crippen molar-refractivity contribution in [1.29, 1.82) is 0 Å². The summed E-state index contributed by atoms with van der Waals surface area (Å²) in [6, 6.07) is 10.1. The molecule has 0 atom stereocenters. The van der Waals surface area contributed by atoms with Crippen LogP contribution in [0.2, 0.25) is 0 Å². The molecule has 2 heterocycles. The highest BCUT2D eigenvalue weighted by molar-refractivity contribution is 5.98. The van der Waals surface area contributed by atoms with Crippen LogP contribution in [0.15, 0.2) is 48.8 Å². The monoisotopic (exact) mass is 453 g/mol. The van der Waals surface area contributed by atoms with E-state index in [1.807, 2.05) is 0 Å². The number of hydrogen-bond donors (Lipinski definition) is 3. The van der Waals surface area contributed by atoms with Crippen molar-refractivity contribution in [2.24, 2.45) is 0 Å². The third-order valence-electron chi connectivity index (χ3n) is 4.45. The van der Waals surface area contributed by atoms with Crippen molar-refractivity contribution >= 4 is 34.6 Å². The molecule has 1 aliphatic rings. The quantitative estimate of drug-likeness (QED) is 0.353. The van der Waals surface area contributed by atoms with Crippen LogP contribution in [-0.2, 0) is 0 Å². The highest BCUT2D eigenvalue weighted by atomic mass is 16.6. The van der Waals surface area contributed by atoms with E-state index in [0.717, 1.165) is 12.4 Å². The molecule has 0 aliphatic carbocycles. The molecule has 1 amide bonds. The SMILES string of the molecule is O=C(NNc1ncnc(Nc2ccc3c(c2)OCCO3)c1[N+](=O)[O-])c1ccccc1[N+](=O)[O-]. The first-order chi connectivity index (χ1) is 15.9. The molecule has 168 valence electrons. The molecule has 0 spiro atoms. The molecule has 33 heavy (non-hydrogen) atoms. The fourth-order valence-electron chi connectivity index (χ4n) is 3.00. The lowest BCUT2D eigenvalue weighted by molar-refractivity contribution is -0.385. The van der Waals surface area contributed by atoms with Crippen molar-refractivity contribution in [3.63, 3.8) is 0 Å². The van der Waals surface area contributed by atoms with Gasteiger partial charge in [0.1, 0.15) is 25.1 Å². The fourth-order valence-corrected chi connectivity index (χ4v) is 3.00. The summed E-state index contributed by atoms with van der Waals surface area (Å²) in [6.45, 7) is 0.793. The van der Waals surface area contributed by atoms with E-state index in [1.54, 1.807) is 18.2 Å². The third kappa shape index (κ3) is 4.53. The van der Waals surface area contributed by atoms with E-state index in [-0.39, 0.29) is 17.2 Å². The van der Waals surface area contributed by atoms with Gasteiger partial charge in [0.2, 0.25) is 11.6 Å². The first kappa shape index (κ1) is 21.2. The molecular weight excluding hydrogens is 438 g/mol. The van der Waals surface area contributed by atoms with E-state index in [0.29, 0.717) is 30.4 Å². The minimum atomic E-state index is -0.878. The number of aromatic nitrogens is 2. The van der Waals surface area contributed by atoms with Crippen molar-refractivity contribution in [3.8, 4) is 11.5 Å². The lowest BCUT2D eigenvalue weighted by Gasteiger charge is -2.19. The van der Waals surface area contributed by atoms with Gasteiger partial charge in [-0.3, -0.25) is 35.9 Å². The van der Waals surface area contributed by atoms with Crippen molar-refractivity contribution in [2.45, 2.75) is 0 Å². The Morgan fingerprint density at radius 3 is 2.42 bits per heavy atom. The summed E-state index contributed by atoms with van der Waals surface area (Å²) in [5.41, 5.74) is 3.75. The Morgan fingerprint density at radius 1 is 0.939 bits per heavy atom. The Hall–Kier alpha value is -5.01. The summed E-state index contributed by atoms with van der Waals surface area (Å²) in [4.78, 5) is 41.5. The molecule has 0 radical (unpaired) electrons. The van der Waals surface area contributed by atoms with E-state index in [2.05, 4.69) is 26.1 Å². The van der Waals surface area contributed by atoms with Gasteiger partial charge in [-0.15, -0.1) is 0 Å². The molecule has 0 saturated carbocycles. The summed E-state index contributed by atoms with van der Waals surface area (Å²) in [6.07, 6.45) is 1.05. The fraction of sp³-hybridized carbons (Fsp3) is 0.105. The predicted octanol–water partition coefficient (Wildman–Crippen LogP) is 2.56. The normalized spacial score (nSPS) is 11.9. The number of hydrogen-bond acceptors (Lipinski definition) is 11. The molecule has 0 fully saturated rings. The molecule has 4 rings (SSSR count). The number of hydrazine groups is 1. The number of anilines is 3. The summed E-state index contributed by atoms with van der Waals surface area (Å²) in [5, 5.41) is 25.7. The lowest BCUT2D eigenvalue weighted by atomic mass is 10.2. The summed E-state index contributed by atoms with van der Waals surface area (Å²) < 4.78 is 10.9. The topological polar surface area (TPSA) is 184 Å². The number of amides is 1. The second-order valence-corrected chi connectivity index (χ2v) is 6.51. The highest BCUT2D eigenvalue weighted by Gasteiger charge is 2.25. The second kappa shape index (κ2) is 9.01. The number of nitro groups is 2. The van der Waals surface area contributed by atoms with Crippen LogP contribution in [-0.4, -0.2) is 38.9 Å². The molecule has 1 aliphatic heterocycles. The zero-order valence-corrected chi connectivity index (χ0v) is 16.7. The Kier molecular flexibility index (Phi) is 5.79. The van der Waals surface area contributed by atoms with E-state index in [9.17, 15) is 25.0 Å². The van der Waals surface area contributed by atoms with Gasteiger partial charge in [-0.2, -0.15) is 0 Å². The van der Waals surface area contributed by atoms with Crippen LogP contribution in [0.5, 0.6) is 11.5 Å². The van der Waals surface area contributed by atoms with Crippen LogP contribution in [0.1, 0.15) is 10.4 Å². The predicted molar refractivity (Wildman–Crippen MR) is 114 cm³/mol. The molecule has 0 bridgehead atoms. The number of nitrogens with zero attached hydrogens (tertiary/aromatic N) is 4. The molecular formula is C19H15N7O7. The van der Waals surface area contributed by atoms with Gasteiger partial charge in [-0.05, 0) is 18.2 Å². The molecule has 0 saturated heterocycles. The van der Waals surface area contributed by atoms with Gasteiger partial charge in [0.15, 0.2) is 11.5 Å². The van der Waals surface area contributed by atoms with E-state index in [1.165, 1.54) is 18.2 Å². The van der Waals surface area contributed by atoms with Gasteiger partial charge in [-0.1, -0.05) is 12.1 Å². The smallest absolute Gasteiger partial charge is 0.355 e. The van der Waals surface area contributed by atoms with Crippen molar-refractivity contribution in [3.05, 3.63) is 74.6 Å². The van der Waals surface area contributed by atoms with Crippen LogP contribution < -0.4 is 25.6 Å². The van der Waals surface area contributed by atoms with Crippen LogP contribution in [0.4, 0.5) is 28.7 Å². The molecule has 3 N–H and O–H groups in total. The Morgan fingerprint density at radius 2 is 1.67 bits per heavy atom. The van der Waals surface area contributed by atoms with E-state index in [4.69, 9.17) is 9.47 Å². The second-order valence-electron chi connectivity index (χ2n) is 6.51. The maximum Gasteiger partial charge on any atom is 0.355 e. The molecule has 14 nitrogen and oxygen atoms in total. The van der Waals surface area contributed by atoms with Gasteiger partial charge in [-0.25, -0.2) is 9.97 Å². The number of benzene rings is 2. The Labute approximate surface area is 184 Å². The molecule has 2 aromatic carbocycles. The summed E-state index contributed by atoms with van der Waals surface area (Å²) >= 11 is 0. The standard InChI is InChI=1S/C19H15N7O7/c27-19(12-3-1-2-4-13(12)25(28)29)24-23-18-16(26(30)31)17(20-10-21-18)22-11-5-6-14-15(9-11)33-8-7-32-14/h1-6,9-10H,7-8H2,(H,24,27)(H2,20,21,22,23). The van der Waals surface area contributed by atoms with Gasteiger partial charge < -0.3 is 14.8 Å². The van der Waals surface area contributed by atoms with E-state index < -0.39 is 27.1 Å². The van der Waals surface area contributed by atoms with Crippen molar-refractivity contribution in [1.82, 2.24) is 15.4 Å². The number of nitro benzene ring substituents is 1. The summed E-state index contributed by atoms with van der Waals surface area (Å²) in [7, 11) is 0. The molecule has 14 heteroatoms. The summed E-state index contributed by atoms with van der Waals surface area (Å²) in [5.74, 6) is -0.352. The van der Waals surface area contributed by atoms with Crippen LogP contribution in [0, 0.1) is 20.2 Å². The number of carbonyl (C=O) groups excluding carboxylic acids is 1. The highest BCUT2D eigenvalue weighted by Crippen LogP contribution is 2.36. The minimum Gasteiger partial charge on any atom is -0.486 e. The van der Waals surface area contributed by atoms with Gasteiger partial charge >= 0.3 is 5.69 Å². The third-order valence-corrected chi connectivity index (χ3v) is 4.45. The zero-order valence-electron chi connectivity index (χ0n) is 16.7. The van der Waals surface area contributed by atoms with Crippen LogP contribution in [0.3, 0.4) is 0 Å². The Bertz CT molecular complexity index is 1250. The number of rotatable bonds is 7. The van der Waals surface area contributed by atoms with Gasteiger partial charge in [0.25, 0.3) is 11.6 Å². The number of nitrogens with one attached hydrogen (secondary N) is 3. The minimum absolute atomic E-state index is 0.158. The average molecular weight is 453 g/mol. The maximum atomic E-state index is 12.4. The number of carbonyl (C=O) groups is 1. The van der Waals surface area contributed by atoms with Crippen LogP contribution >= 0.6 is 0 Å². The molecule has 1 aromatic heterocycles. The number of fused-ring (bicyclic) bond motifs is 1. The molecule has 0 unspecified atom stereocenters. The van der Waals surface area contributed by atoms with Gasteiger partial charge in [0, 0.05) is 17.8 Å². The van der Waals surface area contributed by atoms with Crippen molar-refractivity contribution < 1.29 is 24.1 Å². The van der Waals surface area contributed by atoms with Crippen LogP contribution in [0.25, 0.3) is 0 Å². The largest absolute Gasteiger partial charge is 0.486 e. The Balaban J connectivity index is 1.56. The van der Waals surface area contributed by atoms with Crippen molar-refractivity contribution in [2.75, 3.05) is 24.0 Å². The first-order valence-electron chi connectivity index (χ1n) is 9.40. The lowest BCUT2D eigenvalue weighted by Crippen LogP contribution is -2.30. The number of ether oxygens (including phenoxy) is 2. The first-order valence-corrected chi connectivity index (χ1v) is 9.40. The van der Waals surface area contributed by atoms with Gasteiger partial charge in [0.05, 0.1) is 9.85 Å².